The molecule has 1 aromatic rings. The first-order valence-corrected chi connectivity index (χ1v) is 13.4. The van der Waals surface area contributed by atoms with Gasteiger partial charge in [-0.25, -0.2) is 0 Å². The molecule has 0 saturated carbocycles. The van der Waals surface area contributed by atoms with Crippen molar-refractivity contribution in [3.05, 3.63) is 45.4 Å². The van der Waals surface area contributed by atoms with Crippen LogP contribution < -0.4 is 16.0 Å². The van der Waals surface area contributed by atoms with Gasteiger partial charge >= 0.3 is 0 Å². The molecule has 10 nitrogen and oxygen atoms in total. The maximum atomic E-state index is 14.2. The first kappa shape index (κ1) is 28.6. The van der Waals surface area contributed by atoms with Gasteiger partial charge in [0.1, 0.15) is 17.3 Å². The lowest BCUT2D eigenvalue weighted by molar-refractivity contribution is -0.114. The lowest BCUT2D eigenvalue weighted by atomic mass is 9.53. The summed E-state index contributed by atoms with van der Waals surface area (Å²) < 4.78 is 0. The smallest absolute Gasteiger partial charge is 0.254 e. The Bertz CT molecular complexity index is 1310. The van der Waals surface area contributed by atoms with Crippen molar-refractivity contribution in [2.24, 2.45) is 28.9 Å². The fourth-order valence-corrected chi connectivity index (χ4v) is 6.73. The van der Waals surface area contributed by atoms with E-state index in [0.717, 1.165) is 12.2 Å². The number of likely N-dealkylation sites (N-methyl/N-ethyl adjacent to an activating group) is 1. The number of nitrogens with zero attached hydrogens (tertiary/aromatic N) is 2. The Kier molecular flexibility index (Phi) is 7.33. The number of fused-ring (bicyclic) bond motifs is 3. The summed E-state index contributed by atoms with van der Waals surface area (Å²) in [6.45, 7) is 6.92. The monoisotopic (exact) mass is 539 g/mol. The van der Waals surface area contributed by atoms with E-state index in [0.29, 0.717) is 36.4 Å². The van der Waals surface area contributed by atoms with E-state index in [-0.39, 0.29) is 39.7 Å². The largest absolute Gasteiger partial charge is 0.511 e. The lowest BCUT2D eigenvalue weighted by Crippen LogP contribution is -2.58. The molecule has 0 radical (unpaired) electrons. The first-order valence-electron chi connectivity index (χ1n) is 13.4. The third kappa shape index (κ3) is 4.30. The number of aromatic hydroxyl groups is 1. The average Bonchev–Trinajstić information content (AvgIpc) is 2.81. The number of anilines is 1. The standard InChI is InChI=1S/C29H41N5O5/c1-13(2)11-32-12-15-10-18(33(4)5)16-8-14-9-17-22(34(6)7)25(37)21(28(31)39)26(30)29(17,3)27(38)19(14)24(36)20(16)23(15)35/h10,13-14,17,22,30,32,35,37-38H,8-9,11-12H2,1-7H3,(H2,31,39)/t14?,17-,22?,29-/m0/s1. The number of nitrogens with two attached hydrogens (primary N) is 1. The minimum absolute atomic E-state index is 0.108. The summed E-state index contributed by atoms with van der Waals surface area (Å²) in [6.07, 6.45) is 0.780. The number of primary amides is 1. The first-order chi connectivity index (χ1) is 18.1. The van der Waals surface area contributed by atoms with Gasteiger partial charge in [-0.3, -0.25) is 14.5 Å². The molecule has 0 aromatic heterocycles. The second-order valence-electron chi connectivity index (χ2n) is 12.1. The zero-order valence-electron chi connectivity index (χ0n) is 23.8. The number of allylic oxidation sites excluding steroid dienone is 2. The number of hydrogen-bond acceptors (Lipinski definition) is 9. The van der Waals surface area contributed by atoms with E-state index in [4.69, 9.17) is 11.1 Å². The maximum Gasteiger partial charge on any atom is 0.254 e. The van der Waals surface area contributed by atoms with Gasteiger partial charge < -0.3 is 36.7 Å². The SMILES string of the molecule is CC(C)CNCc1cc(N(C)C)c2c(c1O)C(=O)C1=C(O)[C@]3(C)C(=N)C(C(N)=O)=C(O)C(N(C)C)[C@@H]3CC1C2. The molecule has 1 amide bonds. The van der Waals surface area contributed by atoms with Crippen LogP contribution in [0.5, 0.6) is 5.75 Å². The van der Waals surface area contributed by atoms with Crippen LogP contribution in [0.3, 0.4) is 0 Å². The molecule has 10 heteroatoms. The predicted octanol–water partition coefficient (Wildman–Crippen LogP) is 2.66. The molecule has 0 aliphatic heterocycles. The molecule has 2 unspecified atom stereocenters. The highest BCUT2D eigenvalue weighted by molar-refractivity contribution is 6.24. The number of aliphatic hydroxyl groups is 2. The molecule has 212 valence electrons. The predicted molar refractivity (Wildman–Crippen MR) is 150 cm³/mol. The third-order valence-corrected chi connectivity index (χ3v) is 8.66. The molecule has 0 saturated heterocycles. The quantitative estimate of drug-likeness (QED) is 0.308. The van der Waals surface area contributed by atoms with Gasteiger partial charge in [0.15, 0.2) is 5.78 Å². The molecule has 0 heterocycles. The molecule has 3 aliphatic carbocycles. The third-order valence-electron chi connectivity index (χ3n) is 8.66. The van der Waals surface area contributed by atoms with Gasteiger partial charge in [0.2, 0.25) is 0 Å². The Morgan fingerprint density at radius 1 is 1.23 bits per heavy atom. The number of phenolic OH excluding ortho intramolecular Hbond substituents is 1. The summed E-state index contributed by atoms with van der Waals surface area (Å²) in [5.41, 5.74) is 5.95. The van der Waals surface area contributed by atoms with Crippen molar-refractivity contribution in [1.29, 1.82) is 5.41 Å². The molecule has 1 aromatic carbocycles. The number of rotatable bonds is 7. The van der Waals surface area contributed by atoms with Crippen LogP contribution in [0.25, 0.3) is 0 Å². The Morgan fingerprint density at radius 3 is 2.41 bits per heavy atom. The number of amides is 1. The zero-order chi connectivity index (χ0) is 29.1. The van der Waals surface area contributed by atoms with E-state index in [1.807, 2.05) is 25.1 Å². The van der Waals surface area contributed by atoms with Crippen molar-refractivity contribution in [2.75, 3.05) is 39.6 Å². The number of carbonyl (C=O) groups is 2. The van der Waals surface area contributed by atoms with Crippen molar-refractivity contribution in [3.8, 4) is 5.75 Å². The molecule has 4 atom stereocenters. The van der Waals surface area contributed by atoms with Crippen LogP contribution in [0.2, 0.25) is 0 Å². The van der Waals surface area contributed by atoms with E-state index in [9.17, 15) is 24.9 Å². The summed E-state index contributed by atoms with van der Waals surface area (Å²) in [5, 5.41) is 46.4. The highest BCUT2D eigenvalue weighted by Gasteiger charge is 2.59. The highest BCUT2D eigenvalue weighted by Crippen LogP contribution is 2.57. The molecular formula is C29H41N5O5. The van der Waals surface area contributed by atoms with Gasteiger partial charge in [0.25, 0.3) is 5.91 Å². The van der Waals surface area contributed by atoms with E-state index in [1.54, 1.807) is 25.9 Å². The summed E-state index contributed by atoms with van der Waals surface area (Å²) in [5.74, 6) is -2.61. The Balaban J connectivity index is 1.91. The summed E-state index contributed by atoms with van der Waals surface area (Å²) in [6, 6.07) is 1.21. The number of phenols is 1. The minimum atomic E-state index is -1.43. The molecule has 39 heavy (non-hydrogen) atoms. The second-order valence-corrected chi connectivity index (χ2v) is 12.1. The normalized spacial score (nSPS) is 26.6. The van der Waals surface area contributed by atoms with Crippen LogP contribution in [-0.4, -0.2) is 78.4 Å². The van der Waals surface area contributed by atoms with Crippen molar-refractivity contribution in [2.45, 2.75) is 46.2 Å². The number of carbonyl (C=O) groups excluding carboxylic acids is 2. The molecule has 0 fully saturated rings. The van der Waals surface area contributed by atoms with Crippen molar-refractivity contribution < 1.29 is 24.9 Å². The van der Waals surface area contributed by atoms with Crippen LogP contribution in [0.15, 0.2) is 28.7 Å². The van der Waals surface area contributed by atoms with Crippen LogP contribution >= 0.6 is 0 Å². The second kappa shape index (κ2) is 9.98. The highest BCUT2D eigenvalue weighted by atomic mass is 16.3. The van der Waals surface area contributed by atoms with Gasteiger partial charge in [-0.2, -0.15) is 0 Å². The molecule has 7 N–H and O–H groups in total. The molecule has 0 bridgehead atoms. The van der Waals surface area contributed by atoms with Crippen molar-refractivity contribution in [3.63, 3.8) is 0 Å². The fraction of sp³-hybridized carbons (Fsp3) is 0.552. The Hall–Kier alpha value is -3.37. The van der Waals surface area contributed by atoms with E-state index in [1.165, 1.54) is 0 Å². The molecule has 0 spiro atoms. The van der Waals surface area contributed by atoms with Crippen LogP contribution in [0.4, 0.5) is 5.69 Å². The van der Waals surface area contributed by atoms with Crippen LogP contribution in [0, 0.1) is 28.6 Å². The molecular weight excluding hydrogens is 498 g/mol. The summed E-state index contributed by atoms with van der Waals surface area (Å²) in [4.78, 5) is 30.2. The van der Waals surface area contributed by atoms with Crippen LogP contribution in [-0.2, 0) is 17.8 Å². The minimum Gasteiger partial charge on any atom is -0.511 e. The Labute approximate surface area is 229 Å². The molecule has 3 aliphatic rings. The number of benzene rings is 1. The van der Waals surface area contributed by atoms with E-state index in [2.05, 4.69) is 19.2 Å². The number of Topliss-reactive ketones (excluding diaryl/α,β-unsaturated/α-hetero) is 1. The van der Waals surface area contributed by atoms with E-state index >= 15 is 0 Å². The maximum absolute atomic E-state index is 14.2. The number of nitrogens with one attached hydrogen (secondary N) is 2. The van der Waals surface area contributed by atoms with Gasteiger partial charge in [-0.1, -0.05) is 13.8 Å². The van der Waals surface area contributed by atoms with Gasteiger partial charge in [-0.05, 0) is 63.9 Å². The zero-order valence-corrected chi connectivity index (χ0v) is 23.8. The van der Waals surface area contributed by atoms with Gasteiger partial charge in [0.05, 0.1) is 28.3 Å². The average molecular weight is 540 g/mol. The Morgan fingerprint density at radius 2 is 1.87 bits per heavy atom. The summed E-state index contributed by atoms with van der Waals surface area (Å²) in [7, 11) is 7.29. The van der Waals surface area contributed by atoms with Crippen molar-refractivity contribution >= 4 is 23.1 Å². The number of ketones is 1. The van der Waals surface area contributed by atoms with Crippen molar-refractivity contribution in [1.82, 2.24) is 10.2 Å². The number of hydrogen-bond donors (Lipinski definition) is 6. The fourth-order valence-electron chi connectivity index (χ4n) is 6.73. The van der Waals surface area contributed by atoms with Gasteiger partial charge in [0, 0.05) is 43.4 Å². The number of aliphatic hydroxyl groups excluding tert-OH is 2. The molecule has 4 rings (SSSR count). The van der Waals surface area contributed by atoms with E-state index < -0.39 is 35.0 Å². The van der Waals surface area contributed by atoms with Gasteiger partial charge in [-0.15, -0.1) is 0 Å². The van der Waals surface area contributed by atoms with Crippen LogP contribution in [0.1, 0.15) is 48.7 Å². The topological polar surface area (TPSA) is 163 Å². The summed E-state index contributed by atoms with van der Waals surface area (Å²) >= 11 is 0. The lowest BCUT2D eigenvalue weighted by Gasteiger charge is -2.52.